The molecule has 0 fully saturated rings. The minimum absolute atomic E-state index is 0.0503. The molecule has 0 unspecified atom stereocenters. The van der Waals surface area contributed by atoms with Crippen LogP contribution in [0.1, 0.15) is 28.9 Å². The Labute approximate surface area is 99.7 Å². The van der Waals surface area contributed by atoms with E-state index in [1.165, 1.54) is 0 Å². The van der Waals surface area contributed by atoms with Gasteiger partial charge >= 0.3 is 0 Å². The zero-order chi connectivity index (χ0) is 12.1. The SMILES string of the molecule is C[C@H](NC(=O)c1cccnc1)c1ccncc1. The van der Waals surface area contributed by atoms with Crippen molar-refractivity contribution in [2.24, 2.45) is 0 Å². The molecule has 86 valence electrons. The Morgan fingerprint density at radius 3 is 2.59 bits per heavy atom. The van der Waals surface area contributed by atoms with E-state index in [1.54, 1.807) is 36.9 Å². The van der Waals surface area contributed by atoms with Crippen molar-refractivity contribution in [3.05, 3.63) is 60.2 Å². The van der Waals surface area contributed by atoms with E-state index in [0.29, 0.717) is 5.56 Å². The first-order valence-corrected chi connectivity index (χ1v) is 5.38. The van der Waals surface area contributed by atoms with Crippen LogP contribution >= 0.6 is 0 Å². The van der Waals surface area contributed by atoms with Crippen molar-refractivity contribution >= 4 is 5.91 Å². The van der Waals surface area contributed by atoms with E-state index in [0.717, 1.165) is 5.56 Å². The van der Waals surface area contributed by atoms with E-state index < -0.39 is 0 Å². The molecular formula is C13H13N3O. The highest BCUT2D eigenvalue weighted by molar-refractivity contribution is 5.94. The van der Waals surface area contributed by atoms with Crippen LogP contribution in [0.2, 0.25) is 0 Å². The van der Waals surface area contributed by atoms with Crippen LogP contribution in [-0.4, -0.2) is 15.9 Å². The molecular weight excluding hydrogens is 214 g/mol. The number of hydrogen-bond acceptors (Lipinski definition) is 3. The molecule has 0 radical (unpaired) electrons. The molecule has 2 aromatic rings. The van der Waals surface area contributed by atoms with Gasteiger partial charge in [0, 0.05) is 24.8 Å². The van der Waals surface area contributed by atoms with Gasteiger partial charge in [0.2, 0.25) is 0 Å². The Kier molecular flexibility index (Phi) is 3.45. The maximum Gasteiger partial charge on any atom is 0.253 e. The highest BCUT2D eigenvalue weighted by atomic mass is 16.1. The van der Waals surface area contributed by atoms with Crippen molar-refractivity contribution in [1.29, 1.82) is 0 Å². The molecule has 0 aliphatic rings. The van der Waals surface area contributed by atoms with Crippen LogP contribution in [0, 0.1) is 0 Å². The van der Waals surface area contributed by atoms with Gasteiger partial charge in [0.15, 0.2) is 0 Å². The van der Waals surface area contributed by atoms with Gasteiger partial charge in [-0.25, -0.2) is 0 Å². The van der Waals surface area contributed by atoms with E-state index in [4.69, 9.17) is 0 Å². The van der Waals surface area contributed by atoms with Crippen molar-refractivity contribution in [3.63, 3.8) is 0 Å². The molecule has 0 aliphatic carbocycles. The van der Waals surface area contributed by atoms with Crippen LogP contribution in [0.15, 0.2) is 49.1 Å². The van der Waals surface area contributed by atoms with Crippen LogP contribution in [-0.2, 0) is 0 Å². The summed E-state index contributed by atoms with van der Waals surface area (Å²) in [6.45, 7) is 1.93. The van der Waals surface area contributed by atoms with Gasteiger partial charge in [0.25, 0.3) is 5.91 Å². The van der Waals surface area contributed by atoms with E-state index >= 15 is 0 Å². The summed E-state index contributed by atoms with van der Waals surface area (Å²) in [5.74, 6) is -0.123. The monoisotopic (exact) mass is 227 g/mol. The summed E-state index contributed by atoms with van der Waals surface area (Å²) >= 11 is 0. The van der Waals surface area contributed by atoms with Gasteiger partial charge in [-0.2, -0.15) is 0 Å². The molecule has 0 spiro atoms. The lowest BCUT2D eigenvalue weighted by Gasteiger charge is -2.13. The molecule has 0 aliphatic heterocycles. The van der Waals surface area contributed by atoms with Crippen molar-refractivity contribution in [3.8, 4) is 0 Å². The Hall–Kier alpha value is -2.23. The number of hydrogen-bond donors (Lipinski definition) is 1. The minimum atomic E-state index is -0.123. The van der Waals surface area contributed by atoms with Gasteiger partial charge in [0.1, 0.15) is 0 Å². The van der Waals surface area contributed by atoms with Gasteiger partial charge in [-0.3, -0.25) is 14.8 Å². The van der Waals surface area contributed by atoms with Crippen LogP contribution in [0.3, 0.4) is 0 Å². The maximum atomic E-state index is 11.9. The van der Waals surface area contributed by atoms with Gasteiger partial charge in [-0.1, -0.05) is 0 Å². The molecule has 1 atom stereocenters. The molecule has 0 saturated carbocycles. The van der Waals surface area contributed by atoms with Crippen molar-refractivity contribution in [2.45, 2.75) is 13.0 Å². The Morgan fingerprint density at radius 1 is 1.18 bits per heavy atom. The second-order valence-corrected chi connectivity index (χ2v) is 3.72. The first-order valence-electron chi connectivity index (χ1n) is 5.38. The van der Waals surface area contributed by atoms with Gasteiger partial charge in [-0.15, -0.1) is 0 Å². The Morgan fingerprint density at radius 2 is 1.94 bits per heavy atom. The zero-order valence-electron chi connectivity index (χ0n) is 9.50. The first-order chi connectivity index (χ1) is 8.27. The van der Waals surface area contributed by atoms with Gasteiger partial charge < -0.3 is 5.32 Å². The molecule has 4 nitrogen and oxygen atoms in total. The quantitative estimate of drug-likeness (QED) is 0.872. The van der Waals surface area contributed by atoms with Crippen molar-refractivity contribution in [2.75, 3.05) is 0 Å². The fraction of sp³-hybridized carbons (Fsp3) is 0.154. The molecule has 2 rings (SSSR count). The highest BCUT2D eigenvalue weighted by Gasteiger charge is 2.10. The molecule has 4 heteroatoms. The number of rotatable bonds is 3. The fourth-order valence-corrected chi connectivity index (χ4v) is 1.51. The van der Waals surface area contributed by atoms with Gasteiger partial charge in [-0.05, 0) is 36.8 Å². The molecule has 1 amide bonds. The lowest BCUT2D eigenvalue weighted by atomic mass is 10.1. The third-order valence-corrected chi connectivity index (χ3v) is 2.48. The molecule has 17 heavy (non-hydrogen) atoms. The predicted octanol–water partition coefficient (Wildman–Crippen LogP) is 1.97. The predicted molar refractivity (Wildman–Crippen MR) is 64.4 cm³/mol. The maximum absolute atomic E-state index is 11.9. The largest absolute Gasteiger partial charge is 0.345 e. The molecule has 0 saturated heterocycles. The van der Waals surface area contributed by atoms with Crippen LogP contribution in [0.4, 0.5) is 0 Å². The number of nitrogens with one attached hydrogen (secondary N) is 1. The zero-order valence-corrected chi connectivity index (χ0v) is 9.50. The smallest absolute Gasteiger partial charge is 0.253 e. The molecule has 0 bridgehead atoms. The topological polar surface area (TPSA) is 54.9 Å². The third kappa shape index (κ3) is 2.87. The van der Waals surface area contributed by atoms with Crippen LogP contribution in [0.5, 0.6) is 0 Å². The normalized spacial score (nSPS) is 11.8. The molecule has 2 aromatic heterocycles. The summed E-state index contributed by atoms with van der Waals surface area (Å²) in [5.41, 5.74) is 1.59. The number of amides is 1. The summed E-state index contributed by atoms with van der Waals surface area (Å²) in [6.07, 6.45) is 6.61. The van der Waals surface area contributed by atoms with Crippen LogP contribution in [0.25, 0.3) is 0 Å². The summed E-state index contributed by atoms with van der Waals surface area (Å²) in [6, 6.07) is 7.20. The Balaban J connectivity index is 2.05. The standard InChI is InChI=1S/C13H13N3O/c1-10(11-4-7-14-8-5-11)16-13(17)12-3-2-6-15-9-12/h2-10H,1H3,(H,16,17)/t10-/m0/s1. The number of nitrogens with zero attached hydrogens (tertiary/aromatic N) is 2. The molecule has 0 aromatic carbocycles. The average molecular weight is 227 g/mol. The summed E-state index contributed by atoms with van der Waals surface area (Å²) < 4.78 is 0. The number of aromatic nitrogens is 2. The van der Waals surface area contributed by atoms with Crippen molar-refractivity contribution in [1.82, 2.24) is 15.3 Å². The molecule has 2 heterocycles. The van der Waals surface area contributed by atoms with Crippen molar-refractivity contribution < 1.29 is 4.79 Å². The lowest BCUT2D eigenvalue weighted by molar-refractivity contribution is 0.0939. The second-order valence-electron chi connectivity index (χ2n) is 3.72. The van der Waals surface area contributed by atoms with E-state index in [9.17, 15) is 4.79 Å². The van der Waals surface area contributed by atoms with Gasteiger partial charge in [0.05, 0.1) is 11.6 Å². The minimum Gasteiger partial charge on any atom is -0.345 e. The van der Waals surface area contributed by atoms with E-state index in [2.05, 4.69) is 15.3 Å². The average Bonchev–Trinajstić information content (AvgIpc) is 2.40. The summed E-state index contributed by atoms with van der Waals surface area (Å²) in [7, 11) is 0. The second kappa shape index (κ2) is 5.21. The number of carbonyl (C=O) groups is 1. The summed E-state index contributed by atoms with van der Waals surface area (Å²) in [5, 5.41) is 2.91. The highest BCUT2D eigenvalue weighted by Crippen LogP contribution is 2.11. The lowest BCUT2D eigenvalue weighted by Crippen LogP contribution is -2.26. The number of pyridine rings is 2. The van der Waals surface area contributed by atoms with E-state index in [1.807, 2.05) is 19.1 Å². The van der Waals surface area contributed by atoms with Crippen LogP contribution < -0.4 is 5.32 Å². The summed E-state index contributed by atoms with van der Waals surface area (Å²) in [4.78, 5) is 19.7. The van der Waals surface area contributed by atoms with E-state index in [-0.39, 0.29) is 11.9 Å². The fourth-order valence-electron chi connectivity index (χ4n) is 1.51. The molecule has 1 N–H and O–H groups in total. The third-order valence-electron chi connectivity index (χ3n) is 2.48. The first kappa shape index (κ1) is 11.3. The Bertz CT molecular complexity index is 485. The number of carbonyl (C=O) groups excluding carboxylic acids is 1.